The van der Waals surface area contributed by atoms with E-state index in [1.165, 1.54) is 6.26 Å². The van der Waals surface area contributed by atoms with Crippen LogP contribution in [0.5, 0.6) is 0 Å². The minimum absolute atomic E-state index is 0.0437. The summed E-state index contributed by atoms with van der Waals surface area (Å²) in [5.41, 5.74) is 5.98. The van der Waals surface area contributed by atoms with Crippen molar-refractivity contribution in [2.45, 2.75) is 0 Å². The van der Waals surface area contributed by atoms with Gasteiger partial charge in [-0.25, -0.2) is 0 Å². The number of carbonyl (C=O) groups is 1. The van der Waals surface area contributed by atoms with Gasteiger partial charge < -0.3 is 20.4 Å². The lowest BCUT2D eigenvalue weighted by Crippen LogP contribution is -2.46. The van der Waals surface area contributed by atoms with Crippen molar-refractivity contribution in [3.05, 3.63) is 17.9 Å². The van der Waals surface area contributed by atoms with Crippen LogP contribution < -0.4 is 11.1 Å². The SMILES string of the molecule is Nc1occc1C(=O)N1CCNCC1. The summed E-state index contributed by atoms with van der Waals surface area (Å²) in [4.78, 5) is 13.6. The molecule has 1 aliphatic rings. The van der Waals surface area contributed by atoms with Gasteiger partial charge in [0, 0.05) is 26.2 Å². The molecule has 1 fully saturated rings. The van der Waals surface area contributed by atoms with Crippen LogP contribution in [0.4, 0.5) is 5.88 Å². The second kappa shape index (κ2) is 3.71. The normalized spacial score (nSPS) is 17.0. The molecular formula is C9H13N3O2. The van der Waals surface area contributed by atoms with Gasteiger partial charge in [0.2, 0.25) is 5.88 Å². The number of nitrogens with two attached hydrogens (primary N) is 1. The zero-order valence-electron chi connectivity index (χ0n) is 7.82. The summed E-state index contributed by atoms with van der Waals surface area (Å²) in [5, 5.41) is 3.18. The fourth-order valence-electron chi connectivity index (χ4n) is 1.54. The summed E-state index contributed by atoms with van der Waals surface area (Å²) in [6.45, 7) is 3.12. The fraction of sp³-hybridized carbons (Fsp3) is 0.444. The van der Waals surface area contributed by atoms with Crippen LogP contribution in [0.2, 0.25) is 0 Å². The number of nitrogens with one attached hydrogen (secondary N) is 1. The number of hydrogen-bond acceptors (Lipinski definition) is 4. The third kappa shape index (κ3) is 1.58. The Morgan fingerprint density at radius 2 is 2.21 bits per heavy atom. The summed E-state index contributed by atoms with van der Waals surface area (Å²) in [7, 11) is 0. The molecule has 0 atom stereocenters. The molecule has 14 heavy (non-hydrogen) atoms. The number of hydrogen-bond donors (Lipinski definition) is 2. The summed E-state index contributed by atoms with van der Waals surface area (Å²) < 4.78 is 4.89. The van der Waals surface area contributed by atoms with Crippen LogP contribution in [-0.2, 0) is 0 Å². The number of rotatable bonds is 1. The Labute approximate surface area is 81.9 Å². The van der Waals surface area contributed by atoms with Gasteiger partial charge in [-0.15, -0.1) is 0 Å². The number of piperazine rings is 1. The first-order chi connectivity index (χ1) is 6.79. The molecule has 0 bridgehead atoms. The summed E-state index contributed by atoms with van der Waals surface area (Å²) in [6, 6.07) is 1.61. The van der Waals surface area contributed by atoms with E-state index in [9.17, 15) is 4.79 Å². The van der Waals surface area contributed by atoms with E-state index in [0.29, 0.717) is 5.56 Å². The van der Waals surface area contributed by atoms with E-state index in [1.54, 1.807) is 11.0 Å². The van der Waals surface area contributed by atoms with Crippen LogP contribution in [0.25, 0.3) is 0 Å². The predicted molar refractivity (Wildman–Crippen MR) is 51.9 cm³/mol. The Hall–Kier alpha value is -1.49. The standard InChI is InChI=1S/C9H13N3O2/c10-8-7(1-6-14-8)9(13)12-4-2-11-3-5-12/h1,6,11H,2-5,10H2. The second-order valence-corrected chi connectivity index (χ2v) is 3.24. The second-order valence-electron chi connectivity index (χ2n) is 3.24. The van der Waals surface area contributed by atoms with Gasteiger partial charge in [0.25, 0.3) is 5.91 Å². The molecule has 0 aromatic carbocycles. The van der Waals surface area contributed by atoms with E-state index in [0.717, 1.165) is 26.2 Å². The number of carbonyl (C=O) groups excluding carboxylic acids is 1. The zero-order valence-corrected chi connectivity index (χ0v) is 7.82. The van der Waals surface area contributed by atoms with Gasteiger partial charge >= 0.3 is 0 Å². The average Bonchev–Trinajstić information content (AvgIpc) is 2.65. The lowest BCUT2D eigenvalue weighted by Gasteiger charge is -2.27. The number of amides is 1. The average molecular weight is 195 g/mol. The maximum atomic E-state index is 11.8. The quantitative estimate of drug-likeness (QED) is 0.656. The topological polar surface area (TPSA) is 71.5 Å². The lowest BCUT2D eigenvalue weighted by molar-refractivity contribution is 0.0736. The molecule has 1 aliphatic heterocycles. The number of furan rings is 1. The highest BCUT2D eigenvalue weighted by molar-refractivity contribution is 5.98. The smallest absolute Gasteiger partial charge is 0.259 e. The van der Waals surface area contributed by atoms with Crippen molar-refractivity contribution in [1.82, 2.24) is 10.2 Å². The molecule has 0 unspecified atom stereocenters. The monoisotopic (exact) mass is 195 g/mol. The largest absolute Gasteiger partial charge is 0.448 e. The van der Waals surface area contributed by atoms with Crippen molar-refractivity contribution in [2.24, 2.45) is 0 Å². The fourth-order valence-corrected chi connectivity index (χ4v) is 1.54. The molecule has 0 radical (unpaired) electrons. The Kier molecular flexibility index (Phi) is 2.41. The molecule has 0 spiro atoms. The van der Waals surface area contributed by atoms with Crippen LogP contribution in [0, 0.1) is 0 Å². The molecule has 5 heteroatoms. The predicted octanol–water partition coefficient (Wildman–Crippen LogP) is -0.0928. The van der Waals surface area contributed by atoms with Crippen LogP contribution in [0.15, 0.2) is 16.7 Å². The molecule has 3 N–H and O–H groups in total. The van der Waals surface area contributed by atoms with Crippen molar-refractivity contribution in [2.75, 3.05) is 31.9 Å². The lowest BCUT2D eigenvalue weighted by atomic mass is 10.2. The van der Waals surface area contributed by atoms with Crippen LogP contribution in [0.1, 0.15) is 10.4 Å². The summed E-state index contributed by atoms with van der Waals surface area (Å²) >= 11 is 0. The van der Waals surface area contributed by atoms with Gasteiger partial charge in [-0.1, -0.05) is 0 Å². The highest BCUT2D eigenvalue weighted by atomic mass is 16.3. The van der Waals surface area contributed by atoms with E-state index >= 15 is 0 Å². The van der Waals surface area contributed by atoms with Crippen LogP contribution >= 0.6 is 0 Å². The first kappa shape index (κ1) is 9.08. The molecule has 2 rings (SSSR count). The molecule has 2 heterocycles. The molecule has 5 nitrogen and oxygen atoms in total. The number of nitrogens with zero attached hydrogens (tertiary/aromatic N) is 1. The van der Waals surface area contributed by atoms with Crippen molar-refractivity contribution >= 4 is 11.8 Å². The molecule has 1 aromatic heterocycles. The van der Waals surface area contributed by atoms with E-state index in [4.69, 9.17) is 10.2 Å². The van der Waals surface area contributed by atoms with Gasteiger partial charge in [-0.2, -0.15) is 0 Å². The van der Waals surface area contributed by atoms with Gasteiger partial charge in [-0.3, -0.25) is 4.79 Å². The molecule has 0 aliphatic carbocycles. The summed E-state index contributed by atoms with van der Waals surface area (Å²) in [6.07, 6.45) is 1.44. The Morgan fingerprint density at radius 3 is 2.79 bits per heavy atom. The van der Waals surface area contributed by atoms with Gasteiger partial charge in [-0.05, 0) is 6.07 Å². The maximum absolute atomic E-state index is 11.8. The van der Waals surface area contributed by atoms with E-state index in [2.05, 4.69) is 5.32 Å². The van der Waals surface area contributed by atoms with Crippen molar-refractivity contribution in [3.8, 4) is 0 Å². The van der Waals surface area contributed by atoms with Crippen molar-refractivity contribution in [3.63, 3.8) is 0 Å². The first-order valence-corrected chi connectivity index (χ1v) is 4.62. The molecule has 1 aromatic rings. The maximum Gasteiger partial charge on any atom is 0.259 e. The molecule has 1 amide bonds. The Morgan fingerprint density at radius 1 is 1.50 bits per heavy atom. The van der Waals surface area contributed by atoms with Crippen LogP contribution in [-0.4, -0.2) is 37.0 Å². The van der Waals surface area contributed by atoms with Gasteiger partial charge in [0.15, 0.2) is 0 Å². The number of anilines is 1. The van der Waals surface area contributed by atoms with E-state index in [-0.39, 0.29) is 11.8 Å². The third-order valence-electron chi connectivity index (χ3n) is 2.33. The third-order valence-corrected chi connectivity index (χ3v) is 2.33. The Balaban J connectivity index is 2.11. The highest BCUT2D eigenvalue weighted by Gasteiger charge is 2.20. The van der Waals surface area contributed by atoms with Gasteiger partial charge in [0.1, 0.15) is 5.56 Å². The molecule has 1 saturated heterocycles. The first-order valence-electron chi connectivity index (χ1n) is 4.62. The minimum atomic E-state index is -0.0437. The highest BCUT2D eigenvalue weighted by Crippen LogP contribution is 2.15. The van der Waals surface area contributed by atoms with E-state index in [1.807, 2.05) is 0 Å². The summed E-state index contributed by atoms with van der Waals surface area (Å²) in [5.74, 6) is 0.159. The van der Waals surface area contributed by atoms with Gasteiger partial charge in [0.05, 0.1) is 6.26 Å². The minimum Gasteiger partial charge on any atom is -0.448 e. The molecule has 0 saturated carbocycles. The zero-order chi connectivity index (χ0) is 9.97. The Bertz CT molecular complexity index is 329. The van der Waals surface area contributed by atoms with Crippen LogP contribution in [0.3, 0.4) is 0 Å². The molecule has 76 valence electrons. The molecular weight excluding hydrogens is 182 g/mol. The van der Waals surface area contributed by atoms with E-state index < -0.39 is 0 Å². The number of nitrogen functional groups attached to an aromatic ring is 1. The van der Waals surface area contributed by atoms with Crippen molar-refractivity contribution in [1.29, 1.82) is 0 Å². The van der Waals surface area contributed by atoms with Crippen molar-refractivity contribution < 1.29 is 9.21 Å².